The Labute approximate surface area is 79.4 Å². The minimum absolute atomic E-state index is 0.213. The van der Waals surface area contributed by atoms with Crippen molar-refractivity contribution in [2.45, 2.75) is 13.3 Å². The Bertz CT molecular complexity index is 447. The summed E-state index contributed by atoms with van der Waals surface area (Å²) in [7, 11) is 0. The summed E-state index contributed by atoms with van der Waals surface area (Å²) in [6.45, 7) is 2.03. The second-order valence-electron chi connectivity index (χ2n) is 2.91. The van der Waals surface area contributed by atoms with Crippen LogP contribution in [0.3, 0.4) is 0 Å². The molecule has 0 saturated heterocycles. The van der Waals surface area contributed by atoms with Gasteiger partial charge in [-0.3, -0.25) is 0 Å². The summed E-state index contributed by atoms with van der Waals surface area (Å²) >= 11 is 0.981. The Morgan fingerprint density at radius 1 is 1.46 bits per heavy atom. The summed E-state index contributed by atoms with van der Waals surface area (Å²) in [5.74, 6) is -0.213. The lowest BCUT2D eigenvalue weighted by Gasteiger charge is -1.95. The third kappa shape index (κ3) is 1.29. The Hall–Kier alpha value is -1.09. The Kier molecular flexibility index (Phi) is 1.96. The lowest BCUT2D eigenvalue weighted by atomic mass is 10.1. The van der Waals surface area contributed by atoms with E-state index in [0.29, 0.717) is 5.39 Å². The monoisotopic (exact) mass is 196 g/mol. The number of benzene rings is 1. The van der Waals surface area contributed by atoms with Crippen molar-refractivity contribution in [3.63, 3.8) is 0 Å². The van der Waals surface area contributed by atoms with Crippen LogP contribution in [0.25, 0.3) is 10.1 Å². The normalized spacial score (nSPS) is 10.9. The summed E-state index contributed by atoms with van der Waals surface area (Å²) in [5, 5.41) is 9.48. The number of aromatic hydroxyl groups is 1. The fraction of sp³-hybridized carbons (Fsp3) is 0.200. The van der Waals surface area contributed by atoms with E-state index in [-0.39, 0.29) is 5.75 Å². The molecule has 0 spiro atoms. The van der Waals surface area contributed by atoms with Crippen molar-refractivity contribution in [1.82, 2.24) is 0 Å². The lowest BCUT2D eigenvalue weighted by molar-refractivity contribution is 0.448. The maximum Gasteiger partial charge on any atom is 0.219 e. The molecule has 1 heterocycles. The Morgan fingerprint density at radius 3 is 2.92 bits per heavy atom. The van der Waals surface area contributed by atoms with E-state index in [1.54, 1.807) is 0 Å². The molecular formula is C10H9FOS. The molecule has 0 aliphatic rings. The van der Waals surface area contributed by atoms with E-state index < -0.39 is 5.13 Å². The van der Waals surface area contributed by atoms with E-state index in [0.717, 1.165) is 28.0 Å². The lowest BCUT2D eigenvalue weighted by Crippen LogP contribution is -1.77. The first kappa shape index (κ1) is 8.51. The molecule has 68 valence electrons. The minimum atomic E-state index is -0.497. The second kappa shape index (κ2) is 3.00. The first-order valence-electron chi connectivity index (χ1n) is 4.12. The number of fused-ring (bicyclic) bond motifs is 1. The number of thiophene rings is 1. The van der Waals surface area contributed by atoms with Crippen LogP contribution in [0.1, 0.15) is 12.5 Å². The van der Waals surface area contributed by atoms with E-state index in [1.807, 2.05) is 25.1 Å². The van der Waals surface area contributed by atoms with Gasteiger partial charge in [-0.05, 0) is 24.1 Å². The van der Waals surface area contributed by atoms with Gasteiger partial charge in [-0.25, -0.2) is 0 Å². The largest absolute Gasteiger partial charge is 0.504 e. The molecule has 3 heteroatoms. The zero-order chi connectivity index (χ0) is 9.42. The van der Waals surface area contributed by atoms with Crippen LogP contribution in [0.4, 0.5) is 4.39 Å². The zero-order valence-corrected chi connectivity index (χ0v) is 7.99. The van der Waals surface area contributed by atoms with Gasteiger partial charge in [-0.1, -0.05) is 13.0 Å². The van der Waals surface area contributed by atoms with Crippen molar-refractivity contribution in [1.29, 1.82) is 0 Å². The molecule has 1 nitrogen and oxygen atoms in total. The number of hydrogen-bond acceptors (Lipinski definition) is 2. The molecule has 2 aromatic rings. The molecule has 0 aliphatic heterocycles. The van der Waals surface area contributed by atoms with Crippen molar-refractivity contribution in [3.8, 4) is 5.75 Å². The molecule has 0 radical (unpaired) electrons. The summed E-state index contributed by atoms with van der Waals surface area (Å²) in [5.41, 5.74) is 1.11. The van der Waals surface area contributed by atoms with Gasteiger partial charge >= 0.3 is 0 Å². The van der Waals surface area contributed by atoms with Crippen molar-refractivity contribution >= 4 is 21.4 Å². The smallest absolute Gasteiger partial charge is 0.219 e. The van der Waals surface area contributed by atoms with Crippen LogP contribution in [-0.2, 0) is 6.42 Å². The summed E-state index contributed by atoms with van der Waals surface area (Å²) < 4.78 is 13.7. The molecule has 1 N–H and O–H groups in total. The van der Waals surface area contributed by atoms with Gasteiger partial charge in [0, 0.05) is 10.1 Å². The highest BCUT2D eigenvalue weighted by Gasteiger charge is 2.10. The fourth-order valence-electron chi connectivity index (χ4n) is 1.32. The first-order valence-corrected chi connectivity index (χ1v) is 4.94. The minimum Gasteiger partial charge on any atom is -0.504 e. The first-order chi connectivity index (χ1) is 6.22. The molecule has 0 unspecified atom stereocenters. The van der Waals surface area contributed by atoms with Crippen LogP contribution < -0.4 is 0 Å². The topological polar surface area (TPSA) is 20.2 Å². The average molecular weight is 196 g/mol. The van der Waals surface area contributed by atoms with Crippen LogP contribution in [0.15, 0.2) is 18.2 Å². The van der Waals surface area contributed by atoms with E-state index in [2.05, 4.69) is 0 Å². The molecule has 0 amide bonds. The molecule has 0 atom stereocenters. The Balaban J connectivity index is 2.75. The van der Waals surface area contributed by atoms with Crippen molar-refractivity contribution in [3.05, 3.63) is 28.9 Å². The van der Waals surface area contributed by atoms with Gasteiger partial charge in [-0.2, -0.15) is 4.39 Å². The SMILES string of the molecule is CCc1ccc2sc(F)c(O)c2c1. The maximum atomic E-state index is 12.9. The predicted octanol–water partition coefficient (Wildman–Crippen LogP) is 3.31. The third-order valence-electron chi connectivity index (χ3n) is 2.09. The van der Waals surface area contributed by atoms with Gasteiger partial charge in [0.25, 0.3) is 0 Å². The van der Waals surface area contributed by atoms with Gasteiger partial charge in [0.2, 0.25) is 5.13 Å². The van der Waals surface area contributed by atoms with E-state index in [4.69, 9.17) is 0 Å². The van der Waals surface area contributed by atoms with Crippen LogP contribution >= 0.6 is 11.3 Å². The summed E-state index contributed by atoms with van der Waals surface area (Å²) in [4.78, 5) is 0. The molecular weight excluding hydrogens is 187 g/mol. The predicted molar refractivity (Wildman–Crippen MR) is 52.8 cm³/mol. The molecule has 2 rings (SSSR count). The zero-order valence-electron chi connectivity index (χ0n) is 7.17. The maximum absolute atomic E-state index is 12.9. The van der Waals surface area contributed by atoms with Gasteiger partial charge in [0.15, 0.2) is 5.75 Å². The molecule has 0 bridgehead atoms. The molecule has 1 aromatic carbocycles. The number of rotatable bonds is 1. The highest BCUT2D eigenvalue weighted by molar-refractivity contribution is 7.17. The number of aryl methyl sites for hydroxylation is 1. The van der Waals surface area contributed by atoms with Gasteiger partial charge < -0.3 is 5.11 Å². The van der Waals surface area contributed by atoms with Crippen LogP contribution in [-0.4, -0.2) is 5.11 Å². The van der Waals surface area contributed by atoms with E-state index in [1.165, 1.54) is 0 Å². The quantitative estimate of drug-likeness (QED) is 0.741. The van der Waals surface area contributed by atoms with Crippen molar-refractivity contribution in [2.24, 2.45) is 0 Å². The van der Waals surface area contributed by atoms with Crippen molar-refractivity contribution < 1.29 is 9.50 Å². The van der Waals surface area contributed by atoms with E-state index >= 15 is 0 Å². The molecule has 0 fully saturated rings. The molecule has 13 heavy (non-hydrogen) atoms. The second-order valence-corrected chi connectivity index (χ2v) is 3.91. The Morgan fingerprint density at radius 2 is 2.23 bits per heavy atom. The van der Waals surface area contributed by atoms with Crippen LogP contribution in [0, 0.1) is 5.13 Å². The van der Waals surface area contributed by atoms with Crippen LogP contribution in [0.2, 0.25) is 0 Å². The van der Waals surface area contributed by atoms with Gasteiger partial charge in [-0.15, -0.1) is 11.3 Å². The molecule has 1 aromatic heterocycles. The van der Waals surface area contributed by atoms with E-state index in [9.17, 15) is 9.50 Å². The van der Waals surface area contributed by atoms with Crippen molar-refractivity contribution in [2.75, 3.05) is 0 Å². The standard InChI is InChI=1S/C10H9FOS/c1-2-6-3-4-8-7(5-6)9(12)10(11)13-8/h3-5,12H,2H2,1H3. The molecule has 0 aliphatic carbocycles. The van der Waals surface area contributed by atoms with Gasteiger partial charge in [0.05, 0.1) is 0 Å². The summed E-state index contributed by atoms with van der Waals surface area (Å²) in [6, 6.07) is 5.64. The molecule has 0 saturated carbocycles. The van der Waals surface area contributed by atoms with Gasteiger partial charge in [0.1, 0.15) is 0 Å². The average Bonchev–Trinajstić information content (AvgIpc) is 2.43. The summed E-state index contributed by atoms with van der Waals surface area (Å²) in [6.07, 6.45) is 0.896. The van der Waals surface area contributed by atoms with Crippen LogP contribution in [0.5, 0.6) is 5.75 Å². The number of halogens is 1. The third-order valence-corrected chi connectivity index (χ3v) is 3.04. The highest BCUT2D eigenvalue weighted by atomic mass is 32.1. The number of hydrogen-bond donors (Lipinski definition) is 1. The fourth-order valence-corrected chi connectivity index (χ4v) is 2.12. The highest BCUT2D eigenvalue weighted by Crippen LogP contribution is 2.35.